The number of carbonyl (C=O) groups is 1. The van der Waals surface area contributed by atoms with E-state index in [0.717, 1.165) is 63.1 Å². The number of benzene rings is 2. The molecule has 0 aromatic heterocycles. The predicted molar refractivity (Wildman–Crippen MR) is 126 cm³/mol. The van der Waals surface area contributed by atoms with Crippen molar-refractivity contribution in [3.05, 3.63) is 53.1 Å². The van der Waals surface area contributed by atoms with Gasteiger partial charge in [-0.15, -0.1) is 0 Å². The second-order valence-corrected chi connectivity index (χ2v) is 8.95. The molecule has 0 bridgehead atoms. The van der Waals surface area contributed by atoms with Gasteiger partial charge in [-0.2, -0.15) is 0 Å². The Bertz CT molecular complexity index is 1000. The third-order valence-electron chi connectivity index (χ3n) is 7.46. The molecule has 3 aliphatic heterocycles. The van der Waals surface area contributed by atoms with Crippen molar-refractivity contribution < 1.29 is 14.3 Å². The van der Waals surface area contributed by atoms with Crippen molar-refractivity contribution in [3.8, 4) is 11.5 Å². The number of rotatable bonds is 5. The summed E-state index contributed by atoms with van der Waals surface area (Å²) in [4.78, 5) is 20.8. The van der Waals surface area contributed by atoms with Gasteiger partial charge in [-0.05, 0) is 55.6 Å². The Kier molecular flexibility index (Phi) is 5.72. The molecule has 6 heteroatoms. The van der Waals surface area contributed by atoms with Gasteiger partial charge in [0.2, 0.25) is 0 Å². The van der Waals surface area contributed by atoms with Crippen molar-refractivity contribution in [2.75, 3.05) is 51.8 Å². The molecular weight excluding hydrogens is 402 g/mol. The van der Waals surface area contributed by atoms with Crippen LogP contribution in [-0.4, -0.2) is 62.7 Å². The molecule has 1 unspecified atom stereocenters. The zero-order valence-electron chi connectivity index (χ0n) is 19.3. The number of amides is 1. The summed E-state index contributed by atoms with van der Waals surface area (Å²) >= 11 is 0. The van der Waals surface area contributed by atoms with Gasteiger partial charge >= 0.3 is 0 Å². The zero-order chi connectivity index (χ0) is 22.2. The molecule has 170 valence electrons. The van der Waals surface area contributed by atoms with E-state index in [1.54, 1.807) is 14.2 Å². The van der Waals surface area contributed by atoms with Crippen molar-refractivity contribution in [1.29, 1.82) is 0 Å². The molecule has 2 fully saturated rings. The molecule has 2 aromatic carbocycles. The van der Waals surface area contributed by atoms with Crippen LogP contribution in [0.4, 0.5) is 5.69 Å². The van der Waals surface area contributed by atoms with Gasteiger partial charge in [0.05, 0.1) is 26.3 Å². The molecule has 2 saturated heterocycles. The van der Waals surface area contributed by atoms with E-state index < -0.39 is 0 Å². The van der Waals surface area contributed by atoms with Crippen LogP contribution in [0.2, 0.25) is 0 Å². The first-order valence-electron chi connectivity index (χ1n) is 11.8. The lowest BCUT2D eigenvalue weighted by atomic mass is 9.89. The fraction of sp³-hybridized carbons (Fsp3) is 0.500. The summed E-state index contributed by atoms with van der Waals surface area (Å²) in [5.74, 6) is 1.59. The van der Waals surface area contributed by atoms with Crippen LogP contribution in [-0.2, 0) is 0 Å². The van der Waals surface area contributed by atoms with Crippen molar-refractivity contribution in [1.82, 2.24) is 9.80 Å². The highest BCUT2D eigenvalue weighted by Gasteiger charge is 2.45. The number of hydrogen-bond donors (Lipinski definition) is 0. The number of fused-ring (bicyclic) bond motifs is 3. The van der Waals surface area contributed by atoms with Crippen molar-refractivity contribution in [3.63, 3.8) is 0 Å². The van der Waals surface area contributed by atoms with Gasteiger partial charge in [0.1, 0.15) is 0 Å². The minimum atomic E-state index is 0.0539. The van der Waals surface area contributed by atoms with Crippen LogP contribution in [0.3, 0.4) is 0 Å². The number of piperazine rings is 1. The van der Waals surface area contributed by atoms with Crippen LogP contribution in [0.25, 0.3) is 0 Å². The summed E-state index contributed by atoms with van der Waals surface area (Å²) in [6.45, 7) is 7.52. The molecular formula is C26H33N3O3. The van der Waals surface area contributed by atoms with E-state index >= 15 is 0 Å². The molecule has 2 aromatic rings. The molecule has 1 amide bonds. The molecule has 0 aliphatic carbocycles. The molecule has 0 N–H and O–H groups in total. The number of nitrogens with zero attached hydrogens (tertiary/aromatic N) is 3. The molecule has 5 rings (SSSR count). The standard InChI is InChI=1S/C26H33N3O3/c1-4-27-13-15-28(16-14-27)21-9-5-7-19-25(21)22-10-6-8-20(29(22)26(19)30)18-11-12-23(31-2)24(17-18)32-3/h5,7,9,11-12,17,20,22H,4,6,8,10,13-16H2,1-3H3/t20?,22-/m1/s1. The van der Waals surface area contributed by atoms with Gasteiger partial charge in [0.25, 0.3) is 5.91 Å². The van der Waals surface area contributed by atoms with E-state index in [1.165, 1.54) is 11.3 Å². The summed E-state index contributed by atoms with van der Waals surface area (Å²) < 4.78 is 11.0. The summed E-state index contributed by atoms with van der Waals surface area (Å²) in [7, 11) is 3.31. The maximum Gasteiger partial charge on any atom is 0.255 e. The number of likely N-dealkylation sites (N-methyl/N-ethyl adjacent to an activating group) is 1. The second-order valence-electron chi connectivity index (χ2n) is 8.95. The van der Waals surface area contributed by atoms with Crippen LogP contribution in [0, 0.1) is 0 Å². The number of carbonyl (C=O) groups excluding carboxylic acids is 1. The smallest absolute Gasteiger partial charge is 0.255 e. The number of ether oxygens (including phenoxy) is 2. The Morgan fingerprint density at radius 1 is 0.938 bits per heavy atom. The first kappa shape index (κ1) is 21.1. The molecule has 0 radical (unpaired) electrons. The largest absolute Gasteiger partial charge is 0.493 e. The quantitative estimate of drug-likeness (QED) is 0.702. The van der Waals surface area contributed by atoms with Gasteiger partial charge in [0, 0.05) is 43.0 Å². The summed E-state index contributed by atoms with van der Waals surface area (Å²) in [5.41, 5.74) is 4.50. The lowest BCUT2D eigenvalue weighted by Gasteiger charge is -2.40. The number of piperidine rings is 1. The Labute approximate surface area is 190 Å². The van der Waals surface area contributed by atoms with Gasteiger partial charge in [-0.25, -0.2) is 0 Å². The minimum Gasteiger partial charge on any atom is -0.493 e. The van der Waals surface area contributed by atoms with Gasteiger partial charge < -0.3 is 24.2 Å². The summed E-state index contributed by atoms with van der Waals surface area (Å²) in [6, 6.07) is 12.6. The second kappa shape index (κ2) is 8.66. The number of methoxy groups -OCH3 is 2. The molecule has 3 heterocycles. The third kappa shape index (κ3) is 3.41. The van der Waals surface area contributed by atoms with E-state index in [4.69, 9.17) is 9.47 Å². The van der Waals surface area contributed by atoms with Crippen molar-refractivity contribution in [2.45, 2.75) is 38.3 Å². The predicted octanol–water partition coefficient (Wildman–Crippen LogP) is 4.27. The molecule has 2 atom stereocenters. The van der Waals surface area contributed by atoms with Crippen LogP contribution < -0.4 is 14.4 Å². The van der Waals surface area contributed by atoms with Gasteiger partial charge in [0.15, 0.2) is 11.5 Å². The van der Waals surface area contributed by atoms with Crippen LogP contribution >= 0.6 is 0 Å². The highest BCUT2D eigenvalue weighted by Crippen LogP contribution is 2.51. The van der Waals surface area contributed by atoms with Crippen LogP contribution in [0.15, 0.2) is 36.4 Å². The van der Waals surface area contributed by atoms with Crippen LogP contribution in [0.1, 0.15) is 59.8 Å². The Hall–Kier alpha value is -2.73. The number of hydrogen-bond acceptors (Lipinski definition) is 5. The first-order chi connectivity index (χ1) is 15.7. The zero-order valence-corrected chi connectivity index (χ0v) is 19.3. The van der Waals surface area contributed by atoms with Crippen molar-refractivity contribution in [2.24, 2.45) is 0 Å². The molecule has 0 saturated carbocycles. The van der Waals surface area contributed by atoms with Crippen molar-refractivity contribution >= 4 is 11.6 Å². The average molecular weight is 436 g/mol. The van der Waals surface area contributed by atoms with E-state index in [9.17, 15) is 4.79 Å². The minimum absolute atomic E-state index is 0.0539. The SMILES string of the molecule is CCN1CCN(c2cccc3c2[C@H]2CCCC(c4ccc(OC)c(OC)c4)N2C3=O)CC1. The maximum atomic E-state index is 13.7. The fourth-order valence-corrected chi connectivity index (χ4v) is 5.76. The highest BCUT2D eigenvalue weighted by atomic mass is 16.5. The summed E-state index contributed by atoms with van der Waals surface area (Å²) in [5, 5.41) is 0. The Morgan fingerprint density at radius 3 is 2.41 bits per heavy atom. The van der Waals surface area contributed by atoms with Gasteiger partial charge in [-0.3, -0.25) is 4.79 Å². The monoisotopic (exact) mass is 435 g/mol. The topological polar surface area (TPSA) is 45.2 Å². The van der Waals surface area contributed by atoms with Crippen LogP contribution in [0.5, 0.6) is 11.5 Å². The first-order valence-corrected chi connectivity index (χ1v) is 11.8. The highest BCUT2D eigenvalue weighted by molar-refractivity contribution is 6.01. The lowest BCUT2D eigenvalue weighted by molar-refractivity contribution is 0.0515. The Balaban J connectivity index is 1.49. The lowest BCUT2D eigenvalue weighted by Crippen LogP contribution is -2.46. The van der Waals surface area contributed by atoms with E-state index in [1.807, 2.05) is 18.2 Å². The normalized spacial score (nSPS) is 23.2. The third-order valence-corrected chi connectivity index (χ3v) is 7.46. The number of anilines is 1. The van der Waals surface area contributed by atoms with E-state index in [-0.39, 0.29) is 18.0 Å². The average Bonchev–Trinajstić information content (AvgIpc) is 3.16. The molecule has 6 nitrogen and oxygen atoms in total. The molecule has 32 heavy (non-hydrogen) atoms. The molecule has 0 spiro atoms. The van der Waals surface area contributed by atoms with E-state index in [2.05, 4.69) is 39.8 Å². The Morgan fingerprint density at radius 2 is 1.69 bits per heavy atom. The van der Waals surface area contributed by atoms with E-state index in [0.29, 0.717) is 11.5 Å². The maximum absolute atomic E-state index is 13.7. The molecule has 3 aliphatic rings. The fourth-order valence-electron chi connectivity index (χ4n) is 5.76. The van der Waals surface area contributed by atoms with Gasteiger partial charge in [-0.1, -0.05) is 19.1 Å². The summed E-state index contributed by atoms with van der Waals surface area (Å²) in [6.07, 6.45) is 3.09.